The van der Waals surface area contributed by atoms with Gasteiger partial charge < -0.3 is 11.1 Å². The summed E-state index contributed by atoms with van der Waals surface area (Å²) in [7, 11) is 0. The van der Waals surface area contributed by atoms with E-state index in [-0.39, 0.29) is 0 Å². The van der Waals surface area contributed by atoms with Crippen molar-refractivity contribution in [1.29, 1.82) is 0 Å². The van der Waals surface area contributed by atoms with Gasteiger partial charge in [-0.25, -0.2) is 0 Å². The van der Waals surface area contributed by atoms with Crippen molar-refractivity contribution in [2.24, 2.45) is 17.6 Å². The van der Waals surface area contributed by atoms with E-state index in [9.17, 15) is 0 Å². The first-order valence-electron chi connectivity index (χ1n) is 6.13. The Morgan fingerprint density at radius 3 is 2.60 bits per heavy atom. The van der Waals surface area contributed by atoms with E-state index in [1.54, 1.807) is 0 Å². The maximum Gasteiger partial charge on any atom is 0.00781 e. The summed E-state index contributed by atoms with van der Waals surface area (Å²) in [5, 5.41) is 4.57. The van der Waals surface area contributed by atoms with E-state index in [2.05, 4.69) is 25.4 Å². The largest absolute Gasteiger partial charge is 0.330 e. The van der Waals surface area contributed by atoms with Crippen molar-refractivity contribution in [3.8, 4) is 0 Å². The highest BCUT2D eigenvalue weighted by atomic mass is 32.2. The minimum Gasteiger partial charge on any atom is -0.330 e. The fourth-order valence-corrected chi connectivity index (χ4v) is 3.05. The molecule has 0 bridgehead atoms. The molecular weight excluding hydrogens is 204 g/mol. The van der Waals surface area contributed by atoms with Crippen LogP contribution in [-0.4, -0.2) is 30.6 Å². The Kier molecular flexibility index (Phi) is 6.02. The molecule has 0 aromatic carbocycles. The molecule has 1 rings (SSSR count). The monoisotopic (exact) mass is 230 g/mol. The highest BCUT2D eigenvalue weighted by molar-refractivity contribution is 7.99. The Labute approximate surface area is 98.8 Å². The molecule has 1 fully saturated rings. The van der Waals surface area contributed by atoms with E-state index < -0.39 is 0 Å². The first-order chi connectivity index (χ1) is 7.17. The zero-order valence-electron chi connectivity index (χ0n) is 10.3. The molecule has 1 saturated carbocycles. The summed E-state index contributed by atoms with van der Waals surface area (Å²) in [5.41, 5.74) is 5.77. The first kappa shape index (κ1) is 13.3. The van der Waals surface area contributed by atoms with Gasteiger partial charge in [-0.1, -0.05) is 13.8 Å². The molecule has 90 valence electrons. The highest BCUT2D eigenvalue weighted by Gasteiger charge is 2.24. The van der Waals surface area contributed by atoms with E-state index in [4.69, 9.17) is 5.73 Å². The third kappa shape index (κ3) is 4.33. The lowest BCUT2D eigenvalue weighted by Gasteiger charge is -2.22. The smallest absolute Gasteiger partial charge is 0.00781 e. The summed E-state index contributed by atoms with van der Waals surface area (Å²) < 4.78 is 0. The number of nitrogens with one attached hydrogen (secondary N) is 1. The van der Waals surface area contributed by atoms with Crippen LogP contribution in [0, 0.1) is 11.8 Å². The van der Waals surface area contributed by atoms with Crippen molar-refractivity contribution < 1.29 is 0 Å². The lowest BCUT2D eigenvalue weighted by Crippen LogP contribution is -2.36. The molecule has 0 saturated heterocycles. The molecule has 2 nitrogen and oxygen atoms in total. The van der Waals surface area contributed by atoms with Gasteiger partial charge in [0, 0.05) is 11.3 Å². The second-order valence-electron chi connectivity index (χ2n) is 5.02. The Morgan fingerprint density at radius 1 is 1.40 bits per heavy atom. The predicted molar refractivity (Wildman–Crippen MR) is 70.3 cm³/mol. The summed E-state index contributed by atoms with van der Waals surface area (Å²) in [6, 6.07) is 0.746. The standard InChI is InChI=1S/C12H26N2S/c1-9(2)10(7-13)8-14-11-4-5-12(6-11)15-3/h9-12,14H,4-8,13H2,1-3H3. The Balaban J connectivity index is 2.19. The van der Waals surface area contributed by atoms with Crippen LogP contribution in [0.5, 0.6) is 0 Å². The molecule has 3 heteroatoms. The van der Waals surface area contributed by atoms with Gasteiger partial charge in [0.1, 0.15) is 0 Å². The summed E-state index contributed by atoms with van der Waals surface area (Å²) in [6.07, 6.45) is 6.30. The predicted octanol–water partition coefficient (Wildman–Crippen LogP) is 2.09. The maximum absolute atomic E-state index is 5.77. The Morgan fingerprint density at radius 2 is 2.13 bits per heavy atom. The van der Waals surface area contributed by atoms with Gasteiger partial charge in [0.15, 0.2) is 0 Å². The van der Waals surface area contributed by atoms with E-state index in [1.165, 1.54) is 19.3 Å². The van der Waals surface area contributed by atoms with Gasteiger partial charge in [0.25, 0.3) is 0 Å². The van der Waals surface area contributed by atoms with Crippen LogP contribution in [0.4, 0.5) is 0 Å². The van der Waals surface area contributed by atoms with Crippen LogP contribution in [0.25, 0.3) is 0 Å². The molecule has 3 atom stereocenters. The molecule has 0 aromatic heterocycles. The van der Waals surface area contributed by atoms with Gasteiger partial charge in [0.2, 0.25) is 0 Å². The first-order valence-corrected chi connectivity index (χ1v) is 7.42. The SMILES string of the molecule is CSC1CCC(NCC(CN)C(C)C)C1. The van der Waals surface area contributed by atoms with Crippen molar-refractivity contribution in [2.75, 3.05) is 19.3 Å². The maximum atomic E-state index is 5.77. The average molecular weight is 230 g/mol. The summed E-state index contributed by atoms with van der Waals surface area (Å²) in [6.45, 7) is 6.43. The Hall–Kier alpha value is 0.270. The second kappa shape index (κ2) is 6.77. The van der Waals surface area contributed by atoms with Crippen LogP contribution in [-0.2, 0) is 0 Å². The van der Waals surface area contributed by atoms with Gasteiger partial charge >= 0.3 is 0 Å². The van der Waals surface area contributed by atoms with Crippen LogP contribution in [0.1, 0.15) is 33.1 Å². The molecule has 0 radical (unpaired) electrons. The van der Waals surface area contributed by atoms with Crippen LogP contribution in [0.15, 0.2) is 0 Å². The van der Waals surface area contributed by atoms with Crippen molar-refractivity contribution >= 4 is 11.8 Å². The fraction of sp³-hybridized carbons (Fsp3) is 1.00. The summed E-state index contributed by atoms with van der Waals surface area (Å²) in [5.74, 6) is 1.33. The third-order valence-corrected chi connectivity index (χ3v) is 4.73. The molecule has 0 spiro atoms. The topological polar surface area (TPSA) is 38.0 Å². The van der Waals surface area contributed by atoms with Crippen molar-refractivity contribution in [3.05, 3.63) is 0 Å². The molecule has 0 aromatic rings. The van der Waals surface area contributed by atoms with Gasteiger partial charge in [-0.3, -0.25) is 0 Å². The molecule has 0 heterocycles. The van der Waals surface area contributed by atoms with Gasteiger partial charge in [-0.05, 0) is 50.4 Å². The minimum absolute atomic E-state index is 0.637. The number of hydrogen-bond acceptors (Lipinski definition) is 3. The summed E-state index contributed by atoms with van der Waals surface area (Å²) >= 11 is 2.02. The van der Waals surface area contributed by atoms with Crippen LogP contribution < -0.4 is 11.1 Å². The molecule has 1 aliphatic rings. The molecule has 3 unspecified atom stereocenters. The molecule has 0 amide bonds. The van der Waals surface area contributed by atoms with Crippen molar-refractivity contribution in [1.82, 2.24) is 5.32 Å². The van der Waals surface area contributed by atoms with E-state index >= 15 is 0 Å². The Bertz CT molecular complexity index is 173. The zero-order valence-corrected chi connectivity index (χ0v) is 11.1. The number of hydrogen-bond donors (Lipinski definition) is 2. The van der Waals surface area contributed by atoms with E-state index in [1.807, 2.05) is 11.8 Å². The average Bonchev–Trinajstić information content (AvgIpc) is 2.66. The second-order valence-corrected chi connectivity index (χ2v) is 6.15. The number of nitrogens with two attached hydrogens (primary N) is 1. The number of rotatable bonds is 6. The lowest BCUT2D eigenvalue weighted by molar-refractivity contribution is 0.350. The molecule has 0 aliphatic heterocycles. The minimum atomic E-state index is 0.637. The third-order valence-electron chi connectivity index (χ3n) is 3.63. The van der Waals surface area contributed by atoms with Crippen molar-refractivity contribution in [2.45, 2.75) is 44.4 Å². The van der Waals surface area contributed by atoms with Gasteiger partial charge in [-0.2, -0.15) is 11.8 Å². The quantitative estimate of drug-likeness (QED) is 0.734. The normalized spacial score (nSPS) is 28.6. The highest BCUT2D eigenvalue weighted by Crippen LogP contribution is 2.28. The molecule has 1 aliphatic carbocycles. The van der Waals surface area contributed by atoms with Crippen LogP contribution in [0.3, 0.4) is 0 Å². The molecule has 3 N–H and O–H groups in total. The lowest BCUT2D eigenvalue weighted by atomic mass is 9.96. The van der Waals surface area contributed by atoms with E-state index in [0.29, 0.717) is 11.8 Å². The van der Waals surface area contributed by atoms with Crippen molar-refractivity contribution in [3.63, 3.8) is 0 Å². The van der Waals surface area contributed by atoms with Crippen LogP contribution >= 0.6 is 11.8 Å². The van der Waals surface area contributed by atoms with Gasteiger partial charge in [-0.15, -0.1) is 0 Å². The van der Waals surface area contributed by atoms with E-state index in [0.717, 1.165) is 24.4 Å². The van der Waals surface area contributed by atoms with Gasteiger partial charge in [0.05, 0.1) is 0 Å². The molecule has 15 heavy (non-hydrogen) atoms. The fourth-order valence-electron chi connectivity index (χ4n) is 2.25. The number of thioether (sulfide) groups is 1. The zero-order chi connectivity index (χ0) is 11.3. The van der Waals surface area contributed by atoms with Crippen LogP contribution in [0.2, 0.25) is 0 Å². The molecular formula is C12H26N2S. The summed E-state index contributed by atoms with van der Waals surface area (Å²) in [4.78, 5) is 0.